The van der Waals surface area contributed by atoms with E-state index in [1.807, 2.05) is 13.8 Å². The molecule has 0 aliphatic carbocycles. The summed E-state index contributed by atoms with van der Waals surface area (Å²) in [6.45, 7) is 10.4. The number of nitrogens with one attached hydrogen (secondary N) is 2. The molecule has 2 N–H and O–H groups in total. The second-order valence-electron chi connectivity index (χ2n) is 6.54. The van der Waals surface area contributed by atoms with Crippen LogP contribution in [0.3, 0.4) is 0 Å². The number of aromatic nitrogens is 1. The van der Waals surface area contributed by atoms with Crippen molar-refractivity contribution in [3.8, 4) is 0 Å². The highest BCUT2D eigenvalue weighted by Gasteiger charge is 2.27. The monoisotopic (exact) mass is 250 g/mol. The second-order valence-corrected chi connectivity index (χ2v) is 6.54. The molecule has 1 rings (SSSR count). The molecule has 4 heteroatoms. The van der Waals surface area contributed by atoms with Crippen LogP contribution in [0.5, 0.6) is 0 Å². The first-order chi connectivity index (χ1) is 8.13. The van der Waals surface area contributed by atoms with Gasteiger partial charge in [0.1, 0.15) is 5.69 Å². The third-order valence-electron chi connectivity index (χ3n) is 2.51. The third-order valence-corrected chi connectivity index (χ3v) is 2.51. The van der Waals surface area contributed by atoms with Crippen molar-refractivity contribution in [1.82, 2.24) is 10.3 Å². The van der Waals surface area contributed by atoms with Gasteiger partial charge in [-0.05, 0) is 31.7 Å². The molecule has 0 aromatic carbocycles. The maximum absolute atomic E-state index is 12.0. The van der Waals surface area contributed by atoms with Crippen molar-refractivity contribution in [3.05, 3.63) is 23.5 Å². The van der Waals surface area contributed by atoms with E-state index in [4.69, 9.17) is 0 Å². The van der Waals surface area contributed by atoms with Crippen LogP contribution in [0, 0.1) is 5.41 Å². The van der Waals surface area contributed by atoms with Crippen molar-refractivity contribution >= 4 is 12.2 Å². The number of hydrogen-bond donors (Lipinski definition) is 2. The maximum atomic E-state index is 12.0. The Balaban J connectivity index is 2.72. The van der Waals surface area contributed by atoms with E-state index < -0.39 is 0 Å². The fraction of sp³-hybridized carbons (Fsp3) is 0.571. The molecule has 100 valence electrons. The summed E-state index contributed by atoms with van der Waals surface area (Å²) in [6.07, 6.45) is 3.11. The second kappa shape index (κ2) is 4.96. The topological polar surface area (TPSA) is 62.0 Å². The summed E-state index contributed by atoms with van der Waals surface area (Å²) in [5.41, 5.74) is 0.746. The number of H-pyrrole nitrogens is 1. The van der Waals surface area contributed by atoms with Gasteiger partial charge in [-0.2, -0.15) is 0 Å². The molecule has 1 aromatic rings. The minimum atomic E-state index is -0.290. The SMILES string of the molecule is CC(C)(C)CC(C)(C)NC(=O)c1cc(C=O)c[nH]1. The molecule has 0 aliphatic rings. The predicted octanol–water partition coefficient (Wildman–Crippen LogP) is 2.77. The normalized spacial score (nSPS) is 12.3. The van der Waals surface area contributed by atoms with Crippen molar-refractivity contribution < 1.29 is 9.59 Å². The Labute approximate surface area is 108 Å². The first kappa shape index (κ1) is 14.5. The number of carbonyl (C=O) groups excluding carboxylic acids is 2. The molecular weight excluding hydrogens is 228 g/mol. The fourth-order valence-corrected chi connectivity index (χ4v) is 2.35. The highest BCUT2D eigenvalue weighted by atomic mass is 16.2. The van der Waals surface area contributed by atoms with Crippen LogP contribution >= 0.6 is 0 Å². The average Bonchev–Trinajstić information content (AvgIpc) is 2.60. The zero-order chi connectivity index (χ0) is 14.0. The van der Waals surface area contributed by atoms with Gasteiger partial charge in [-0.25, -0.2) is 0 Å². The number of aromatic amines is 1. The Morgan fingerprint density at radius 3 is 2.39 bits per heavy atom. The van der Waals surface area contributed by atoms with Crippen LogP contribution < -0.4 is 5.32 Å². The molecule has 18 heavy (non-hydrogen) atoms. The zero-order valence-electron chi connectivity index (χ0n) is 11.8. The Kier molecular flexibility index (Phi) is 3.99. The predicted molar refractivity (Wildman–Crippen MR) is 71.8 cm³/mol. The molecule has 0 fully saturated rings. The van der Waals surface area contributed by atoms with Gasteiger partial charge >= 0.3 is 0 Å². The van der Waals surface area contributed by atoms with Gasteiger partial charge in [0.25, 0.3) is 5.91 Å². The quantitative estimate of drug-likeness (QED) is 0.807. The molecule has 4 nitrogen and oxygen atoms in total. The van der Waals surface area contributed by atoms with Crippen LogP contribution in [-0.4, -0.2) is 22.7 Å². The molecule has 0 radical (unpaired) electrons. The van der Waals surface area contributed by atoms with Gasteiger partial charge in [0.05, 0.1) is 0 Å². The lowest BCUT2D eigenvalue weighted by molar-refractivity contribution is 0.0887. The molecule has 0 spiro atoms. The summed E-state index contributed by atoms with van der Waals surface area (Å²) in [7, 11) is 0. The number of hydrogen-bond acceptors (Lipinski definition) is 2. The molecule has 1 aromatic heterocycles. The van der Waals surface area contributed by atoms with Gasteiger partial charge in [-0.3, -0.25) is 9.59 Å². The van der Waals surface area contributed by atoms with E-state index in [1.54, 1.807) is 6.07 Å². The van der Waals surface area contributed by atoms with Crippen molar-refractivity contribution in [3.63, 3.8) is 0 Å². The van der Waals surface area contributed by atoms with E-state index in [0.29, 0.717) is 17.5 Å². The Hall–Kier alpha value is -1.58. The number of amides is 1. The largest absolute Gasteiger partial charge is 0.357 e. The lowest BCUT2D eigenvalue weighted by atomic mass is 9.82. The molecule has 0 bridgehead atoms. The first-order valence-electron chi connectivity index (χ1n) is 6.09. The van der Waals surface area contributed by atoms with Crippen molar-refractivity contribution in [2.45, 2.75) is 46.6 Å². The van der Waals surface area contributed by atoms with E-state index >= 15 is 0 Å². The van der Waals surface area contributed by atoms with Crippen LogP contribution in [0.1, 0.15) is 61.9 Å². The van der Waals surface area contributed by atoms with Crippen LogP contribution in [0.25, 0.3) is 0 Å². The van der Waals surface area contributed by atoms with Gasteiger partial charge in [0.2, 0.25) is 0 Å². The van der Waals surface area contributed by atoms with Crippen LogP contribution in [0.4, 0.5) is 0 Å². The minimum absolute atomic E-state index is 0.139. The Morgan fingerprint density at radius 2 is 1.94 bits per heavy atom. The minimum Gasteiger partial charge on any atom is -0.357 e. The third kappa shape index (κ3) is 4.35. The van der Waals surface area contributed by atoms with Crippen LogP contribution in [0.2, 0.25) is 0 Å². The number of carbonyl (C=O) groups is 2. The van der Waals surface area contributed by atoms with E-state index in [0.717, 1.165) is 6.42 Å². The van der Waals surface area contributed by atoms with Gasteiger partial charge in [-0.15, -0.1) is 0 Å². The standard InChI is InChI=1S/C14H22N2O2/c1-13(2,3)9-14(4,5)16-12(18)11-6-10(8-17)7-15-11/h6-8,15H,9H2,1-5H3,(H,16,18). The van der Waals surface area contributed by atoms with E-state index in [2.05, 4.69) is 31.1 Å². The molecular formula is C14H22N2O2. The lowest BCUT2D eigenvalue weighted by Crippen LogP contribution is -2.45. The number of rotatable bonds is 4. The van der Waals surface area contributed by atoms with Crippen molar-refractivity contribution in [2.75, 3.05) is 0 Å². The zero-order valence-corrected chi connectivity index (χ0v) is 11.8. The van der Waals surface area contributed by atoms with Gasteiger partial charge in [-0.1, -0.05) is 20.8 Å². The molecule has 0 aliphatic heterocycles. The molecule has 1 amide bonds. The summed E-state index contributed by atoms with van der Waals surface area (Å²) < 4.78 is 0. The van der Waals surface area contributed by atoms with Gasteiger partial charge < -0.3 is 10.3 Å². The van der Waals surface area contributed by atoms with Gasteiger partial charge in [0.15, 0.2) is 6.29 Å². The summed E-state index contributed by atoms with van der Waals surface area (Å²) in [5.74, 6) is -0.183. The summed E-state index contributed by atoms with van der Waals surface area (Å²) >= 11 is 0. The Morgan fingerprint density at radius 1 is 1.33 bits per heavy atom. The lowest BCUT2D eigenvalue weighted by Gasteiger charge is -2.33. The smallest absolute Gasteiger partial charge is 0.268 e. The molecule has 0 saturated heterocycles. The molecule has 1 heterocycles. The molecule has 0 saturated carbocycles. The fourth-order valence-electron chi connectivity index (χ4n) is 2.35. The maximum Gasteiger partial charge on any atom is 0.268 e. The highest BCUT2D eigenvalue weighted by Crippen LogP contribution is 2.26. The Bertz CT molecular complexity index is 439. The van der Waals surface area contributed by atoms with E-state index in [-0.39, 0.29) is 16.9 Å². The summed E-state index contributed by atoms with van der Waals surface area (Å²) in [5, 5.41) is 2.98. The van der Waals surface area contributed by atoms with E-state index in [9.17, 15) is 9.59 Å². The molecule has 0 atom stereocenters. The first-order valence-corrected chi connectivity index (χ1v) is 6.09. The summed E-state index contributed by atoms with van der Waals surface area (Å²) in [4.78, 5) is 25.4. The highest BCUT2D eigenvalue weighted by molar-refractivity contribution is 5.94. The number of aldehydes is 1. The van der Waals surface area contributed by atoms with Crippen LogP contribution in [-0.2, 0) is 0 Å². The molecule has 0 unspecified atom stereocenters. The van der Waals surface area contributed by atoms with Crippen molar-refractivity contribution in [2.24, 2.45) is 5.41 Å². The van der Waals surface area contributed by atoms with E-state index in [1.165, 1.54) is 6.20 Å². The average molecular weight is 250 g/mol. The van der Waals surface area contributed by atoms with Crippen LogP contribution in [0.15, 0.2) is 12.3 Å². The van der Waals surface area contributed by atoms with Gasteiger partial charge in [0, 0.05) is 17.3 Å². The summed E-state index contributed by atoms with van der Waals surface area (Å²) in [6, 6.07) is 1.55. The van der Waals surface area contributed by atoms with Crippen molar-refractivity contribution in [1.29, 1.82) is 0 Å².